The lowest BCUT2D eigenvalue weighted by atomic mass is 10.2. The third-order valence-corrected chi connectivity index (χ3v) is 3.09. The standard InChI is InChI=1S/C10H9IO2/c11-10-7(6-12)2-1-3-9(10)13-8-4-5-8/h1-3,6,8H,4-5H2. The Labute approximate surface area is 90.4 Å². The van der Waals surface area contributed by atoms with Gasteiger partial charge in [0, 0.05) is 5.56 Å². The molecular formula is C10H9IO2. The van der Waals surface area contributed by atoms with E-state index in [1.165, 1.54) is 0 Å². The molecule has 0 unspecified atom stereocenters. The number of rotatable bonds is 3. The SMILES string of the molecule is O=Cc1cccc(OC2CC2)c1I. The van der Waals surface area contributed by atoms with E-state index in [1.807, 2.05) is 12.1 Å². The highest BCUT2D eigenvalue weighted by Crippen LogP contribution is 2.30. The second-order valence-corrected chi connectivity index (χ2v) is 4.17. The Hall–Kier alpha value is -0.580. The molecule has 1 saturated carbocycles. The zero-order valence-corrected chi connectivity index (χ0v) is 9.15. The molecule has 68 valence electrons. The number of aldehydes is 1. The van der Waals surface area contributed by atoms with Crippen molar-refractivity contribution in [3.8, 4) is 5.75 Å². The molecule has 0 aromatic heterocycles. The Morgan fingerprint density at radius 1 is 1.46 bits per heavy atom. The highest BCUT2D eigenvalue weighted by Gasteiger charge is 2.24. The molecule has 0 radical (unpaired) electrons. The summed E-state index contributed by atoms with van der Waals surface area (Å²) in [6.45, 7) is 0. The molecule has 0 atom stereocenters. The molecule has 1 aromatic rings. The van der Waals surface area contributed by atoms with Crippen LogP contribution in [0.2, 0.25) is 0 Å². The van der Waals surface area contributed by atoms with Gasteiger partial charge in [0.25, 0.3) is 0 Å². The topological polar surface area (TPSA) is 26.3 Å². The number of hydrogen-bond donors (Lipinski definition) is 0. The number of ether oxygens (including phenoxy) is 1. The van der Waals surface area contributed by atoms with Crippen molar-refractivity contribution in [1.29, 1.82) is 0 Å². The maximum absolute atomic E-state index is 10.6. The molecular weight excluding hydrogens is 279 g/mol. The van der Waals surface area contributed by atoms with Gasteiger partial charge < -0.3 is 4.74 Å². The van der Waals surface area contributed by atoms with Crippen LogP contribution in [0.5, 0.6) is 5.75 Å². The van der Waals surface area contributed by atoms with Crippen LogP contribution in [0.4, 0.5) is 0 Å². The average molecular weight is 288 g/mol. The highest BCUT2D eigenvalue weighted by atomic mass is 127. The van der Waals surface area contributed by atoms with Gasteiger partial charge in [0.2, 0.25) is 0 Å². The number of benzene rings is 1. The van der Waals surface area contributed by atoms with Crippen LogP contribution in [0.25, 0.3) is 0 Å². The quantitative estimate of drug-likeness (QED) is 0.631. The van der Waals surface area contributed by atoms with Crippen LogP contribution in [0.15, 0.2) is 18.2 Å². The fourth-order valence-electron chi connectivity index (χ4n) is 1.08. The smallest absolute Gasteiger partial charge is 0.151 e. The molecule has 1 fully saturated rings. The van der Waals surface area contributed by atoms with Crippen molar-refractivity contribution in [2.75, 3.05) is 0 Å². The maximum Gasteiger partial charge on any atom is 0.151 e. The van der Waals surface area contributed by atoms with E-state index in [0.29, 0.717) is 11.7 Å². The summed E-state index contributed by atoms with van der Waals surface area (Å²) in [4.78, 5) is 10.6. The molecule has 3 heteroatoms. The Morgan fingerprint density at radius 3 is 2.85 bits per heavy atom. The molecule has 0 amide bonds. The van der Waals surface area contributed by atoms with Gasteiger partial charge >= 0.3 is 0 Å². The van der Waals surface area contributed by atoms with Crippen LogP contribution in [0.1, 0.15) is 23.2 Å². The van der Waals surface area contributed by atoms with E-state index in [1.54, 1.807) is 6.07 Å². The summed E-state index contributed by atoms with van der Waals surface area (Å²) in [6, 6.07) is 5.56. The third kappa shape index (κ3) is 2.02. The molecule has 1 aliphatic rings. The average Bonchev–Trinajstić information content (AvgIpc) is 2.92. The summed E-state index contributed by atoms with van der Waals surface area (Å²) < 4.78 is 6.55. The Kier molecular flexibility index (Phi) is 2.53. The summed E-state index contributed by atoms with van der Waals surface area (Å²) >= 11 is 2.15. The Balaban J connectivity index is 2.27. The van der Waals surface area contributed by atoms with Crippen LogP contribution in [0, 0.1) is 3.57 Å². The van der Waals surface area contributed by atoms with E-state index in [-0.39, 0.29) is 0 Å². The number of carbonyl (C=O) groups is 1. The van der Waals surface area contributed by atoms with Crippen molar-refractivity contribution in [3.63, 3.8) is 0 Å². The lowest BCUT2D eigenvalue weighted by Gasteiger charge is -2.07. The predicted octanol–water partition coefficient (Wildman–Crippen LogP) is 2.64. The lowest BCUT2D eigenvalue weighted by Crippen LogP contribution is -1.99. The minimum absolute atomic E-state index is 0.385. The maximum atomic E-state index is 10.6. The normalized spacial score (nSPS) is 15.5. The Morgan fingerprint density at radius 2 is 2.23 bits per heavy atom. The van der Waals surface area contributed by atoms with Crippen molar-refractivity contribution in [2.45, 2.75) is 18.9 Å². The molecule has 0 aliphatic heterocycles. The van der Waals surface area contributed by atoms with Gasteiger partial charge in [0.15, 0.2) is 6.29 Å². The summed E-state index contributed by atoms with van der Waals surface area (Å²) in [6.07, 6.45) is 3.53. The van der Waals surface area contributed by atoms with E-state index in [9.17, 15) is 4.79 Å². The van der Waals surface area contributed by atoms with Crippen molar-refractivity contribution in [3.05, 3.63) is 27.3 Å². The predicted molar refractivity (Wildman–Crippen MR) is 58.2 cm³/mol. The third-order valence-electron chi connectivity index (χ3n) is 1.94. The van der Waals surface area contributed by atoms with Gasteiger partial charge in [0.05, 0.1) is 9.67 Å². The lowest BCUT2D eigenvalue weighted by molar-refractivity contribution is 0.112. The van der Waals surface area contributed by atoms with Gasteiger partial charge in [-0.3, -0.25) is 4.79 Å². The van der Waals surface area contributed by atoms with Crippen LogP contribution in [0.3, 0.4) is 0 Å². The monoisotopic (exact) mass is 288 g/mol. The van der Waals surface area contributed by atoms with Gasteiger partial charge in [-0.05, 0) is 41.5 Å². The van der Waals surface area contributed by atoms with Crippen molar-refractivity contribution in [2.24, 2.45) is 0 Å². The minimum Gasteiger partial charge on any atom is -0.489 e. The van der Waals surface area contributed by atoms with Gasteiger partial charge in [0.1, 0.15) is 5.75 Å². The van der Waals surface area contributed by atoms with Gasteiger partial charge in [-0.25, -0.2) is 0 Å². The van der Waals surface area contributed by atoms with Crippen LogP contribution >= 0.6 is 22.6 Å². The number of hydrogen-bond acceptors (Lipinski definition) is 2. The molecule has 0 saturated heterocycles. The van der Waals surface area contributed by atoms with E-state index in [2.05, 4.69) is 22.6 Å². The largest absolute Gasteiger partial charge is 0.489 e. The van der Waals surface area contributed by atoms with Crippen LogP contribution in [-0.4, -0.2) is 12.4 Å². The molecule has 0 spiro atoms. The van der Waals surface area contributed by atoms with Crippen molar-refractivity contribution in [1.82, 2.24) is 0 Å². The van der Waals surface area contributed by atoms with E-state index >= 15 is 0 Å². The summed E-state index contributed by atoms with van der Waals surface area (Å²) in [5, 5.41) is 0. The van der Waals surface area contributed by atoms with Crippen molar-refractivity contribution < 1.29 is 9.53 Å². The first-order valence-corrected chi connectivity index (χ1v) is 5.29. The molecule has 1 aliphatic carbocycles. The second kappa shape index (κ2) is 3.65. The zero-order valence-electron chi connectivity index (χ0n) is 7.00. The first-order valence-electron chi connectivity index (χ1n) is 4.21. The van der Waals surface area contributed by atoms with E-state index in [4.69, 9.17) is 4.74 Å². The summed E-state index contributed by atoms with van der Waals surface area (Å²) in [5.41, 5.74) is 0.707. The molecule has 2 rings (SSSR count). The minimum atomic E-state index is 0.385. The number of carbonyl (C=O) groups excluding carboxylic acids is 1. The number of halogens is 1. The zero-order chi connectivity index (χ0) is 9.26. The molecule has 2 nitrogen and oxygen atoms in total. The first-order chi connectivity index (χ1) is 6.31. The molecule has 13 heavy (non-hydrogen) atoms. The Bertz CT molecular complexity index is 332. The first kappa shape index (κ1) is 8.99. The highest BCUT2D eigenvalue weighted by molar-refractivity contribution is 14.1. The van der Waals surface area contributed by atoms with Crippen LogP contribution < -0.4 is 4.74 Å². The van der Waals surface area contributed by atoms with Crippen LogP contribution in [-0.2, 0) is 0 Å². The van der Waals surface area contributed by atoms with E-state index in [0.717, 1.165) is 28.4 Å². The van der Waals surface area contributed by atoms with Gasteiger partial charge in [-0.2, -0.15) is 0 Å². The second-order valence-electron chi connectivity index (χ2n) is 3.09. The molecule has 0 N–H and O–H groups in total. The van der Waals surface area contributed by atoms with Gasteiger partial charge in [-0.1, -0.05) is 12.1 Å². The van der Waals surface area contributed by atoms with Crippen molar-refractivity contribution >= 4 is 28.9 Å². The molecule has 0 heterocycles. The summed E-state index contributed by atoms with van der Waals surface area (Å²) in [5.74, 6) is 0.840. The molecule has 0 bridgehead atoms. The summed E-state index contributed by atoms with van der Waals surface area (Å²) in [7, 11) is 0. The molecule has 1 aromatic carbocycles. The fourth-order valence-corrected chi connectivity index (χ4v) is 1.69. The van der Waals surface area contributed by atoms with Gasteiger partial charge in [-0.15, -0.1) is 0 Å². The fraction of sp³-hybridized carbons (Fsp3) is 0.300. The van der Waals surface area contributed by atoms with E-state index < -0.39 is 0 Å².